The number of hydrogen-bond donors (Lipinski definition) is 0. The standard InChI is InChI=1S/C21H24Cl2N6O/c1-30-14-13-29-21(24-25-26-29)20(18-7-2-3-8-19(18)23)28-11-9-27(10-12-28)17-6-4-5-16(22)15-17/h2-8,15,20H,9-14H2,1H3. The van der Waals surface area contributed by atoms with Gasteiger partial charge in [0.2, 0.25) is 0 Å². The molecule has 3 aromatic rings. The second kappa shape index (κ2) is 9.75. The molecular formula is C21H24Cl2N6O. The van der Waals surface area contributed by atoms with E-state index in [0.29, 0.717) is 18.2 Å². The molecule has 1 fully saturated rings. The number of rotatable bonds is 7. The average Bonchev–Trinajstić information content (AvgIpc) is 3.22. The molecule has 1 unspecified atom stereocenters. The lowest BCUT2D eigenvalue weighted by Crippen LogP contribution is -2.48. The number of anilines is 1. The van der Waals surface area contributed by atoms with Crippen LogP contribution in [0.15, 0.2) is 48.5 Å². The third kappa shape index (κ3) is 4.59. The Kier molecular flexibility index (Phi) is 6.84. The molecule has 158 valence electrons. The van der Waals surface area contributed by atoms with E-state index in [1.54, 1.807) is 11.8 Å². The molecule has 2 aromatic carbocycles. The first-order chi connectivity index (χ1) is 14.7. The Morgan fingerprint density at radius 1 is 1.03 bits per heavy atom. The molecule has 0 bridgehead atoms. The third-order valence-corrected chi connectivity index (χ3v) is 5.94. The summed E-state index contributed by atoms with van der Waals surface area (Å²) in [6.07, 6.45) is 0. The topological polar surface area (TPSA) is 59.3 Å². The Balaban J connectivity index is 1.60. The number of nitrogens with zero attached hydrogens (tertiary/aromatic N) is 6. The predicted octanol–water partition coefficient (Wildman–Crippen LogP) is 3.54. The van der Waals surface area contributed by atoms with Crippen LogP contribution in [0.5, 0.6) is 0 Å². The molecule has 1 aromatic heterocycles. The molecule has 9 heteroatoms. The highest BCUT2D eigenvalue weighted by atomic mass is 35.5. The minimum atomic E-state index is -0.132. The smallest absolute Gasteiger partial charge is 0.173 e. The van der Waals surface area contributed by atoms with Gasteiger partial charge < -0.3 is 9.64 Å². The Bertz CT molecular complexity index is 973. The van der Waals surface area contributed by atoms with Gasteiger partial charge in [0.25, 0.3) is 0 Å². The van der Waals surface area contributed by atoms with Crippen LogP contribution in [-0.2, 0) is 11.3 Å². The molecule has 1 aliphatic heterocycles. The normalized spacial score (nSPS) is 16.0. The van der Waals surface area contributed by atoms with E-state index >= 15 is 0 Å². The van der Waals surface area contributed by atoms with E-state index < -0.39 is 0 Å². The third-order valence-electron chi connectivity index (χ3n) is 5.36. The fourth-order valence-electron chi connectivity index (χ4n) is 3.85. The Hall–Kier alpha value is -2.19. The summed E-state index contributed by atoms with van der Waals surface area (Å²) in [6.45, 7) is 4.57. The monoisotopic (exact) mass is 446 g/mol. The number of aromatic nitrogens is 4. The quantitative estimate of drug-likeness (QED) is 0.552. The molecular weight excluding hydrogens is 423 g/mol. The van der Waals surface area contributed by atoms with Crippen molar-refractivity contribution in [3.05, 3.63) is 70.0 Å². The molecule has 30 heavy (non-hydrogen) atoms. The maximum Gasteiger partial charge on any atom is 0.173 e. The molecule has 0 amide bonds. The van der Waals surface area contributed by atoms with E-state index in [1.807, 2.05) is 42.5 Å². The van der Waals surface area contributed by atoms with Gasteiger partial charge in [0, 0.05) is 49.0 Å². The summed E-state index contributed by atoms with van der Waals surface area (Å²) >= 11 is 12.8. The molecule has 1 aliphatic rings. The van der Waals surface area contributed by atoms with Crippen molar-refractivity contribution in [3.63, 3.8) is 0 Å². The van der Waals surface area contributed by atoms with Crippen LogP contribution >= 0.6 is 23.2 Å². The van der Waals surface area contributed by atoms with Crippen molar-refractivity contribution in [2.45, 2.75) is 12.6 Å². The summed E-state index contributed by atoms with van der Waals surface area (Å²) in [5, 5.41) is 13.9. The largest absolute Gasteiger partial charge is 0.383 e. The first kappa shape index (κ1) is 21.1. The van der Waals surface area contributed by atoms with Crippen LogP contribution in [0.25, 0.3) is 0 Å². The molecule has 7 nitrogen and oxygen atoms in total. The fraction of sp³-hybridized carbons (Fsp3) is 0.381. The number of methoxy groups -OCH3 is 1. The summed E-state index contributed by atoms with van der Waals surface area (Å²) in [5.74, 6) is 0.774. The van der Waals surface area contributed by atoms with Crippen molar-refractivity contribution in [1.29, 1.82) is 0 Å². The van der Waals surface area contributed by atoms with Crippen LogP contribution in [0.4, 0.5) is 5.69 Å². The Morgan fingerprint density at radius 3 is 2.57 bits per heavy atom. The number of halogens is 2. The van der Waals surface area contributed by atoms with Crippen molar-refractivity contribution in [1.82, 2.24) is 25.1 Å². The summed E-state index contributed by atoms with van der Waals surface area (Å²) in [4.78, 5) is 4.73. The maximum atomic E-state index is 6.60. The summed E-state index contributed by atoms with van der Waals surface area (Å²) < 4.78 is 7.03. The van der Waals surface area contributed by atoms with Crippen molar-refractivity contribution >= 4 is 28.9 Å². The molecule has 0 N–H and O–H groups in total. The zero-order valence-corrected chi connectivity index (χ0v) is 18.3. The lowest BCUT2D eigenvalue weighted by atomic mass is 10.0. The van der Waals surface area contributed by atoms with Gasteiger partial charge in [-0.15, -0.1) is 5.10 Å². The van der Waals surface area contributed by atoms with E-state index in [9.17, 15) is 0 Å². The molecule has 1 atom stereocenters. The van der Waals surface area contributed by atoms with Gasteiger partial charge in [-0.2, -0.15) is 0 Å². The molecule has 4 rings (SSSR count). The van der Waals surface area contributed by atoms with Gasteiger partial charge in [-0.25, -0.2) is 4.68 Å². The van der Waals surface area contributed by atoms with Crippen LogP contribution < -0.4 is 4.90 Å². The van der Waals surface area contributed by atoms with Gasteiger partial charge in [0.05, 0.1) is 19.2 Å². The zero-order valence-electron chi connectivity index (χ0n) is 16.8. The Morgan fingerprint density at radius 2 is 1.83 bits per heavy atom. The van der Waals surface area contributed by atoms with E-state index in [4.69, 9.17) is 27.9 Å². The average molecular weight is 447 g/mol. The highest BCUT2D eigenvalue weighted by molar-refractivity contribution is 6.31. The van der Waals surface area contributed by atoms with Crippen LogP contribution in [0.2, 0.25) is 10.0 Å². The molecule has 0 saturated carbocycles. The minimum absolute atomic E-state index is 0.132. The van der Waals surface area contributed by atoms with Gasteiger partial charge in [0.15, 0.2) is 5.82 Å². The van der Waals surface area contributed by atoms with Crippen molar-refractivity contribution in [3.8, 4) is 0 Å². The summed E-state index contributed by atoms with van der Waals surface area (Å²) in [6, 6.07) is 15.8. The van der Waals surface area contributed by atoms with E-state index in [1.165, 1.54) is 0 Å². The lowest BCUT2D eigenvalue weighted by molar-refractivity contribution is 0.172. The van der Waals surface area contributed by atoms with Crippen LogP contribution in [0.1, 0.15) is 17.4 Å². The van der Waals surface area contributed by atoms with E-state index in [2.05, 4.69) is 31.4 Å². The van der Waals surface area contributed by atoms with E-state index in [-0.39, 0.29) is 6.04 Å². The molecule has 1 saturated heterocycles. The van der Waals surface area contributed by atoms with Crippen LogP contribution in [-0.4, -0.2) is 65.0 Å². The predicted molar refractivity (Wildman–Crippen MR) is 118 cm³/mol. The van der Waals surface area contributed by atoms with Crippen molar-refractivity contribution < 1.29 is 4.74 Å². The second-order valence-electron chi connectivity index (χ2n) is 7.18. The Labute approximate surface area is 186 Å². The highest BCUT2D eigenvalue weighted by Gasteiger charge is 2.31. The minimum Gasteiger partial charge on any atom is -0.383 e. The molecule has 2 heterocycles. The highest BCUT2D eigenvalue weighted by Crippen LogP contribution is 2.33. The van der Waals surface area contributed by atoms with Crippen LogP contribution in [0.3, 0.4) is 0 Å². The lowest BCUT2D eigenvalue weighted by Gasteiger charge is -2.40. The number of benzene rings is 2. The summed E-state index contributed by atoms with van der Waals surface area (Å²) in [7, 11) is 1.67. The molecule has 0 radical (unpaired) electrons. The van der Waals surface area contributed by atoms with Gasteiger partial charge in [-0.05, 0) is 40.3 Å². The van der Waals surface area contributed by atoms with Crippen LogP contribution in [0, 0.1) is 0 Å². The van der Waals surface area contributed by atoms with Gasteiger partial charge in [-0.3, -0.25) is 4.90 Å². The van der Waals surface area contributed by atoms with Gasteiger partial charge >= 0.3 is 0 Å². The number of piperazine rings is 1. The first-order valence-electron chi connectivity index (χ1n) is 9.91. The zero-order chi connectivity index (χ0) is 20.9. The number of hydrogen-bond acceptors (Lipinski definition) is 6. The number of tetrazole rings is 1. The van der Waals surface area contributed by atoms with Gasteiger partial charge in [-0.1, -0.05) is 47.5 Å². The number of ether oxygens (including phenoxy) is 1. The van der Waals surface area contributed by atoms with Crippen molar-refractivity contribution in [2.24, 2.45) is 0 Å². The van der Waals surface area contributed by atoms with Crippen molar-refractivity contribution in [2.75, 3.05) is 44.8 Å². The first-order valence-corrected chi connectivity index (χ1v) is 10.7. The fourth-order valence-corrected chi connectivity index (χ4v) is 4.28. The second-order valence-corrected chi connectivity index (χ2v) is 8.02. The molecule has 0 aliphatic carbocycles. The maximum absolute atomic E-state index is 6.60. The molecule has 0 spiro atoms. The summed E-state index contributed by atoms with van der Waals surface area (Å²) in [5.41, 5.74) is 2.14. The SMILES string of the molecule is COCCn1nnnc1C(c1ccccc1Cl)N1CCN(c2cccc(Cl)c2)CC1. The van der Waals surface area contributed by atoms with Gasteiger partial charge in [0.1, 0.15) is 0 Å². The van der Waals surface area contributed by atoms with E-state index in [0.717, 1.165) is 48.3 Å².